The Balaban J connectivity index is 2.36. The number of aryl methyl sites for hydroxylation is 1. The Hall–Kier alpha value is -1.49. The van der Waals surface area contributed by atoms with Crippen molar-refractivity contribution >= 4 is 23.6 Å². The second kappa shape index (κ2) is 7.84. The number of carbonyl (C=O) groups is 2. The van der Waals surface area contributed by atoms with Crippen LogP contribution in [0.15, 0.2) is 24.3 Å². The van der Waals surface area contributed by atoms with Gasteiger partial charge in [-0.15, -0.1) is 0 Å². The van der Waals surface area contributed by atoms with Crippen LogP contribution in [0.1, 0.15) is 30.5 Å². The number of carbonyl (C=O) groups excluding carboxylic acids is 1. The number of carboxylic acid groups (broad SMARTS) is 1. The molecule has 2 N–H and O–H groups in total. The van der Waals surface area contributed by atoms with Crippen molar-refractivity contribution in [2.24, 2.45) is 0 Å². The highest BCUT2D eigenvalue weighted by Gasteiger charge is 2.11. The largest absolute Gasteiger partial charge is 0.481 e. The number of nitrogens with one attached hydrogen (secondary N) is 1. The Bertz CT molecular complexity index is 448. The van der Waals surface area contributed by atoms with E-state index in [-0.39, 0.29) is 18.4 Å². The quantitative estimate of drug-likeness (QED) is 0.753. The van der Waals surface area contributed by atoms with Gasteiger partial charge in [0.25, 0.3) is 0 Å². The normalized spacial score (nSPS) is 11.9. The minimum Gasteiger partial charge on any atom is -0.481 e. The fraction of sp³-hybridized carbons (Fsp3) is 0.429. The zero-order chi connectivity index (χ0) is 14.3. The van der Waals surface area contributed by atoms with Crippen molar-refractivity contribution in [3.63, 3.8) is 0 Å². The van der Waals surface area contributed by atoms with Crippen LogP contribution >= 0.6 is 11.8 Å². The van der Waals surface area contributed by atoms with Gasteiger partial charge in [-0.25, -0.2) is 0 Å². The van der Waals surface area contributed by atoms with E-state index in [1.165, 1.54) is 11.8 Å². The highest BCUT2D eigenvalue weighted by molar-refractivity contribution is 7.99. The number of amides is 1. The molecule has 0 spiro atoms. The topological polar surface area (TPSA) is 66.4 Å². The molecule has 1 amide bonds. The lowest BCUT2D eigenvalue weighted by Gasteiger charge is -2.16. The highest BCUT2D eigenvalue weighted by Crippen LogP contribution is 2.16. The number of hydrogen-bond donors (Lipinski definition) is 2. The van der Waals surface area contributed by atoms with Crippen molar-refractivity contribution in [3.8, 4) is 0 Å². The number of carboxylic acids is 1. The van der Waals surface area contributed by atoms with E-state index in [0.29, 0.717) is 11.5 Å². The van der Waals surface area contributed by atoms with E-state index >= 15 is 0 Å². The van der Waals surface area contributed by atoms with Gasteiger partial charge in [0.2, 0.25) is 5.91 Å². The number of hydrogen-bond acceptors (Lipinski definition) is 3. The van der Waals surface area contributed by atoms with Gasteiger partial charge in [0.05, 0.1) is 18.2 Å². The van der Waals surface area contributed by atoms with Gasteiger partial charge in [0.15, 0.2) is 0 Å². The van der Waals surface area contributed by atoms with Gasteiger partial charge in [0, 0.05) is 5.75 Å². The van der Waals surface area contributed by atoms with Gasteiger partial charge in [-0.05, 0) is 25.0 Å². The second-order valence-corrected chi connectivity index (χ2v) is 5.45. The third kappa shape index (κ3) is 5.79. The first-order chi connectivity index (χ1) is 9.00. The van der Waals surface area contributed by atoms with Crippen LogP contribution < -0.4 is 5.32 Å². The molecule has 1 aromatic rings. The summed E-state index contributed by atoms with van der Waals surface area (Å²) < 4.78 is 0. The summed E-state index contributed by atoms with van der Waals surface area (Å²) in [4.78, 5) is 22.0. The number of benzene rings is 1. The Morgan fingerprint density at radius 1 is 1.37 bits per heavy atom. The molecular weight excluding hydrogens is 262 g/mol. The average molecular weight is 281 g/mol. The molecule has 19 heavy (non-hydrogen) atoms. The third-order valence-corrected chi connectivity index (χ3v) is 3.68. The summed E-state index contributed by atoms with van der Waals surface area (Å²) in [6.07, 6.45) is 0.0886. The lowest BCUT2D eigenvalue weighted by Crippen LogP contribution is -2.28. The lowest BCUT2D eigenvalue weighted by molar-refractivity contribution is -0.136. The Kier molecular flexibility index (Phi) is 6.42. The van der Waals surface area contributed by atoms with E-state index in [1.54, 1.807) is 0 Å². The summed E-state index contributed by atoms with van der Waals surface area (Å²) in [5.74, 6) is -0.141. The molecule has 0 saturated heterocycles. The molecule has 0 heterocycles. The first-order valence-electron chi connectivity index (χ1n) is 6.15. The Labute approximate surface area is 117 Å². The van der Waals surface area contributed by atoms with Gasteiger partial charge in [-0.2, -0.15) is 11.8 Å². The molecule has 0 radical (unpaired) electrons. The minimum absolute atomic E-state index is 0.0335. The Morgan fingerprint density at radius 2 is 2.05 bits per heavy atom. The monoisotopic (exact) mass is 281 g/mol. The van der Waals surface area contributed by atoms with Crippen molar-refractivity contribution in [2.45, 2.75) is 26.3 Å². The zero-order valence-electron chi connectivity index (χ0n) is 11.2. The van der Waals surface area contributed by atoms with Crippen molar-refractivity contribution in [2.75, 3.05) is 11.5 Å². The fourth-order valence-corrected chi connectivity index (χ4v) is 2.49. The zero-order valence-corrected chi connectivity index (χ0v) is 12.0. The molecule has 0 aliphatic heterocycles. The van der Waals surface area contributed by atoms with Gasteiger partial charge in [-0.1, -0.05) is 24.3 Å². The fourth-order valence-electron chi connectivity index (χ4n) is 1.76. The maximum absolute atomic E-state index is 11.7. The van der Waals surface area contributed by atoms with Crippen molar-refractivity contribution < 1.29 is 14.7 Å². The maximum atomic E-state index is 11.7. The van der Waals surface area contributed by atoms with Crippen LogP contribution in [-0.2, 0) is 9.59 Å². The molecule has 0 bridgehead atoms. The smallest absolute Gasteiger partial charge is 0.304 e. The van der Waals surface area contributed by atoms with Crippen LogP contribution in [0.3, 0.4) is 0 Å². The van der Waals surface area contributed by atoms with Gasteiger partial charge in [-0.3, -0.25) is 9.59 Å². The minimum atomic E-state index is -0.832. The van der Waals surface area contributed by atoms with Gasteiger partial charge in [0.1, 0.15) is 0 Å². The van der Waals surface area contributed by atoms with Crippen molar-refractivity contribution in [1.29, 1.82) is 0 Å². The van der Waals surface area contributed by atoms with Gasteiger partial charge >= 0.3 is 5.97 Å². The summed E-state index contributed by atoms with van der Waals surface area (Å²) in [5, 5.41) is 11.4. The summed E-state index contributed by atoms with van der Waals surface area (Å²) in [6, 6.07) is 7.90. The molecule has 1 aromatic carbocycles. The predicted octanol–water partition coefficient (Wildman–Crippen LogP) is 2.38. The van der Waals surface area contributed by atoms with E-state index in [4.69, 9.17) is 5.11 Å². The first kappa shape index (κ1) is 15.6. The van der Waals surface area contributed by atoms with Crippen LogP contribution in [-0.4, -0.2) is 28.5 Å². The lowest BCUT2D eigenvalue weighted by atomic mass is 10.0. The molecule has 0 aliphatic carbocycles. The SMILES string of the molecule is Cc1ccccc1C(C)NC(=O)CSCCC(=O)O. The summed E-state index contributed by atoms with van der Waals surface area (Å²) in [7, 11) is 0. The maximum Gasteiger partial charge on any atom is 0.304 e. The molecule has 1 unspecified atom stereocenters. The van der Waals surface area contributed by atoms with E-state index in [2.05, 4.69) is 5.32 Å². The molecule has 0 fully saturated rings. The number of thioether (sulfide) groups is 1. The summed E-state index contributed by atoms with van der Waals surface area (Å²) in [6.45, 7) is 3.96. The third-order valence-electron chi connectivity index (χ3n) is 2.73. The average Bonchev–Trinajstić information content (AvgIpc) is 2.35. The van der Waals surface area contributed by atoms with E-state index in [0.717, 1.165) is 11.1 Å². The Morgan fingerprint density at radius 3 is 2.68 bits per heavy atom. The predicted molar refractivity (Wildman–Crippen MR) is 77.3 cm³/mol. The van der Waals surface area contributed by atoms with E-state index < -0.39 is 5.97 Å². The molecule has 5 heteroatoms. The molecular formula is C14H19NO3S. The summed E-state index contributed by atoms with van der Waals surface area (Å²) >= 11 is 1.34. The van der Waals surface area contributed by atoms with Crippen molar-refractivity contribution in [3.05, 3.63) is 35.4 Å². The molecule has 4 nitrogen and oxygen atoms in total. The van der Waals surface area contributed by atoms with E-state index in [9.17, 15) is 9.59 Å². The molecule has 1 atom stereocenters. The van der Waals surface area contributed by atoms with Gasteiger partial charge < -0.3 is 10.4 Å². The van der Waals surface area contributed by atoms with Crippen LogP contribution in [0.4, 0.5) is 0 Å². The number of rotatable bonds is 7. The van der Waals surface area contributed by atoms with Crippen LogP contribution in [0.5, 0.6) is 0 Å². The molecule has 104 valence electrons. The molecule has 1 rings (SSSR count). The molecule has 0 aliphatic rings. The van der Waals surface area contributed by atoms with Crippen molar-refractivity contribution in [1.82, 2.24) is 5.32 Å². The highest BCUT2D eigenvalue weighted by atomic mass is 32.2. The molecule has 0 saturated carbocycles. The van der Waals surface area contributed by atoms with Crippen LogP contribution in [0, 0.1) is 6.92 Å². The molecule has 0 aromatic heterocycles. The van der Waals surface area contributed by atoms with Crippen LogP contribution in [0.25, 0.3) is 0 Å². The van der Waals surface area contributed by atoms with E-state index in [1.807, 2.05) is 38.1 Å². The van der Waals surface area contributed by atoms with Crippen LogP contribution in [0.2, 0.25) is 0 Å². The summed E-state index contributed by atoms with van der Waals surface area (Å²) in [5.41, 5.74) is 2.25. The number of aliphatic carboxylic acids is 1. The second-order valence-electron chi connectivity index (χ2n) is 4.34. The standard InChI is InChI=1S/C14H19NO3S/c1-10-5-3-4-6-12(10)11(2)15-13(16)9-19-8-7-14(17)18/h3-6,11H,7-9H2,1-2H3,(H,15,16)(H,17,18). The first-order valence-corrected chi connectivity index (χ1v) is 7.30.